The molecular formula is C14H15N4NaO3. The van der Waals surface area contributed by atoms with Crippen LogP contribution in [-0.4, -0.2) is 56.3 Å². The third kappa shape index (κ3) is 3.21. The Morgan fingerprint density at radius 2 is 2.05 bits per heavy atom. The van der Waals surface area contributed by atoms with Gasteiger partial charge in [-0.1, -0.05) is 0 Å². The molecule has 0 unspecified atom stereocenters. The van der Waals surface area contributed by atoms with Gasteiger partial charge in [0, 0.05) is 5.39 Å². The molecule has 2 heterocycles. The molecule has 8 heteroatoms. The van der Waals surface area contributed by atoms with Gasteiger partial charge in [0.25, 0.3) is 0 Å². The van der Waals surface area contributed by atoms with Crippen LogP contribution in [0.5, 0.6) is 5.75 Å². The summed E-state index contributed by atoms with van der Waals surface area (Å²) < 4.78 is 11.1. The van der Waals surface area contributed by atoms with Gasteiger partial charge in [0.05, 0.1) is 6.10 Å². The summed E-state index contributed by atoms with van der Waals surface area (Å²) in [5, 5.41) is 14.0. The number of tetrazole rings is 1. The van der Waals surface area contributed by atoms with E-state index < -0.39 is 5.63 Å². The van der Waals surface area contributed by atoms with Gasteiger partial charge in [-0.25, -0.2) is 9.89 Å². The molecule has 0 amide bonds. The summed E-state index contributed by atoms with van der Waals surface area (Å²) >= 11 is 0. The van der Waals surface area contributed by atoms with Gasteiger partial charge in [-0.2, -0.15) is 0 Å². The molecule has 7 nitrogen and oxygen atoms in total. The molecule has 0 bridgehead atoms. The van der Waals surface area contributed by atoms with Crippen molar-refractivity contribution in [2.24, 2.45) is 0 Å². The van der Waals surface area contributed by atoms with E-state index in [0.29, 0.717) is 11.3 Å². The van der Waals surface area contributed by atoms with E-state index in [9.17, 15) is 4.79 Å². The summed E-state index contributed by atoms with van der Waals surface area (Å²) in [6.07, 6.45) is -0.0153. The third-order valence-electron chi connectivity index (χ3n) is 2.91. The Balaban J connectivity index is 0.00000176. The number of nitrogens with zero attached hydrogens (tertiary/aromatic N) is 3. The van der Waals surface area contributed by atoms with Crippen molar-refractivity contribution in [2.45, 2.75) is 26.9 Å². The van der Waals surface area contributed by atoms with Crippen LogP contribution in [0.4, 0.5) is 0 Å². The minimum absolute atomic E-state index is 0. The minimum atomic E-state index is -0.515. The number of hydrogen-bond acceptors (Lipinski definition) is 6. The Morgan fingerprint density at radius 3 is 2.68 bits per heavy atom. The average molecular weight is 310 g/mol. The van der Waals surface area contributed by atoms with Gasteiger partial charge in [-0.3, -0.25) is 0 Å². The van der Waals surface area contributed by atoms with Gasteiger partial charge in [0.1, 0.15) is 5.56 Å². The van der Waals surface area contributed by atoms with E-state index in [4.69, 9.17) is 9.15 Å². The summed E-state index contributed by atoms with van der Waals surface area (Å²) in [5.41, 5.74) is 1.20. The van der Waals surface area contributed by atoms with Crippen LogP contribution >= 0.6 is 0 Å². The summed E-state index contributed by atoms with van der Waals surface area (Å²) in [4.78, 5) is 12.1. The molecule has 1 aromatic carbocycles. The Bertz CT molecular complexity index is 843. The van der Waals surface area contributed by atoms with Gasteiger partial charge >= 0.3 is 35.2 Å². The monoisotopic (exact) mass is 310 g/mol. The third-order valence-corrected chi connectivity index (χ3v) is 2.91. The van der Waals surface area contributed by atoms with Crippen molar-refractivity contribution in [1.29, 1.82) is 0 Å². The summed E-state index contributed by atoms with van der Waals surface area (Å²) in [5.74, 6) is 0.831. The van der Waals surface area contributed by atoms with Crippen LogP contribution in [0.25, 0.3) is 22.4 Å². The molecule has 1 N–H and O–H groups in total. The number of H-pyrrole nitrogens is 1. The number of nitrogens with one attached hydrogen (secondary N) is 1. The number of benzene rings is 1. The zero-order chi connectivity index (χ0) is 15.0. The number of fused-ring (bicyclic) bond motifs is 1. The zero-order valence-electron chi connectivity index (χ0n) is 11.9. The van der Waals surface area contributed by atoms with Crippen LogP contribution in [0.1, 0.15) is 19.4 Å². The van der Waals surface area contributed by atoms with Crippen molar-refractivity contribution < 1.29 is 9.15 Å². The number of aromatic amines is 1. The molecule has 0 saturated carbocycles. The van der Waals surface area contributed by atoms with Crippen LogP contribution in [0.15, 0.2) is 27.4 Å². The second-order valence-electron chi connectivity index (χ2n) is 5.05. The van der Waals surface area contributed by atoms with Gasteiger partial charge in [0.15, 0.2) is 17.2 Å². The van der Waals surface area contributed by atoms with E-state index in [1.54, 1.807) is 6.07 Å². The van der Waals surface area contributed by atoms with E-state index in [-0.39, 0.29) is 47.0 Å². The first-order valence-electron chi connectivity index (χ1n) is 6.54. The molecule has 0 spiro atoms. The Morgan fingerprint density at radius 1 is 1.27 bits per heavy atom. The van der Waals surface area contributed by atoms with E-state index in [2.05, 4.69) is 20.6 Å². The molecule has 3 aromatic rings. The topological polar surface area (TPSA) is 93.9 Å². The fraction of sp³-hybridized carbons (Fsp3) is 0.286. The molecule has 0 fully saturated rings. The van der Waals surface area contributed by atoms with Crippen molar-refractivity contribution in [1.82, 2.24) is 20.6 Å². The number of aromatic nitrogens is 4. The second kappa shape index (κ2) is 6.60. The van der Waals surface area contributed by atoms with Crippen LogP contribution < -0.4 is 10.4 Å². The standard InChI is InChI=1S/C14H14N4O3.Na.H/c1-7(2)20-11-5-8(3)4-9-6-10(13-15-17-18-16-13)14(19)21-12(9)11;;/h4-7H,1-3H3,(H,15,16,17,18);;. The molecule has 0 aliphatic rings. The molecule has 0 aliphatic carbocycles. The molecule has 0 radical (unpaired) electrons. The first-order chi connectivity index (χ1) is 10.0. The summed E-state index contributed by atoms with van der Waals surface area (Å²) in [6.45, 7) is 5.79. The molecular weight excluding hydrogens is 295 g/mol. The quantitative estimate of drug-likeness (QED) is 0.581. The van der Waals surface area contributed by atoms with Crippen LogP contribution in [0.3, 0.4) is 0 Å². The predicted octanol–water partition coefficient (Wildman–Crippen LogP) is 1.42. The maximum absolute atomic E-state index is 12.1. The predicted molar refractivity (Wildman–Crippen MR) is 83.3 cm³/mol. The fourth-order valence-electron chi connectivity index (χ4n) is 2.13. The Labute approximate surface area is 148 Å². The van der Waals surface area contributed by atoms with Crippen LogP contribution in [-0.2, 0) is 0 Å². The van der Waals surface area contributed by atoms with E-state index in [0.717, 1.165) is 10.9 Å². The van der Waals surface area contributed by atoms with Crippen molar-refractivity contribution >= 4 is 40.5 Å². The van der Waals surface area contributed by atoms with Crippen LogP contribution in [0, 0.1) is 6.92 Å². The first-order valence-corrected chi connectivity index (χ1v) is 6.54. The van der Waals surface area contributed by atoms with Crippen molar-refractivity contribution in [3.63, 3.8) is 0 Å². The average Bonchev–Trinajstić information content (AvgIpc) is 2.92. The van der Waals surface area contributed by atoms with E-state index in [1.165, 1.54) is 0 Å². The van der Waals surface area contributed by atoms with Gasteiger partial charge in [-0.15, -0.1) is 5.10 Å². The number of aryl methyl sites for hydroxylation is 1. The van der Waals surface area contributed by atoms with Crippen LogP contribution in [0.2, 0.25) is 0 Å². The molecule has 3 rings (SSSR count). The fourth-order valence-corrected chi connectivity index (χ4v) is 2.13. The summed E-state index contributed by atoms with van der Waals surface area (Å²) in [7, 11) is 0. The van der Waals surface area contributed by atoms with Crippen molar-refractivity contribution in [3.05, 3.63) is 34.2 Å². The number of hydrogen-bond donors (Lipinski definition) is 1. The maximum atomic E-state index is 12.1. The normalized spacial score (nSPS) is 10.7. The molecule has 2 aromatic heterocycles. The molecule has 110 valence electrons. The van der Waals surface area contributed by atoms with Gasteiger partial charge in [-0.05, 0) is 55.0 Å². The summed E-state index contributed by atoms with van der Waals surface area (Å²) in [6, 6.07) is 5.46. The number of rotatable bonds is 3. The molecule has 0 atom stereocenters. The first kappa shape index (κ1) is 16.7. The van der Waals surface area contributed by atoms with E-state index in [1.807, 2.05) is 32.9 Å². The Kier molecular flexibility index (Phi) is 5.00. The molecule has 22 heavy (non-hydrogen) atoms. The van der Waals surface area contributed by atoms with Crippen molar-refractivity contribution in [2.75, 3.05) is 0 Å². The van der Waals surface area contributed by atoms with Gasteiger partial charge in [0.2, 0.25) is 0 Å². The van der Waals surface area contributed by atoms with Gasteiger partial charge < -0.3 is 9.15 Å². The second-order valence-corrected chi connectivity index (χ2v) is 5.05. The SMILES string of the molecule is Cc1cc(OC(C)C)c2oc(=O)c(-c3nnn[nH]3)cc2c1.[NaH]. The molecule has 0 aliphatic heterocycles. The van der Waals surface area contributed by atoms with E-state index >= 15 is 0 Å². The molecule has 0 saturated heterocycles. The zero-order valence-corrected chi connectivity index (χ0v) is 11.9. The Hall–Kier alpha value is -1.70. The van der Waals surface area contributed by atoms with Crippen molar-refractivity contribution in [3.8, 4) is 17.1 Å². The number of ether oxygens (including phenoxy) is 1.